The van der Waals surface area contributed by atoms with E-state index in [0.29, 0.717) is 5.16 Å². The summed E-state index contributed by atoms with van der Waals surface area (Å²) in [5.74, 6) is 0.147. The number of anilines is 1. The molecule has 0 atom stereocenters. The molecule has 0 saturated heterocycles. The lowest BCUT2D eigenvalue weighted by Gasteiger charge is -2.10. The quantitative estimate of drug-likeness (QED) is 0.879. The molecule has 0 aliphatic heterocycles. The summed E-state index contributed by atoms with van der Waals surface area (Å²) in [4.78, 5) is 11.9. The monoisotopic (exact) mass is 286 g/mol. The molecule has 0 saturated carbocycles. The molecule has 2 aromatic heterocycles. The highest BCUT2D eigenvalue weighted by Crippen LogP contribution is 2.34. The number of pyridine rings is 1. The van der Waals surface area contributed by atoms with Crippen LogP contribution in [0.4, 0.5) is 19.0 Å². The number of hydrogen-bond donors (Lipinski definition) is 1. The highest BCUT2D eigenvalue weighted by molar-refractivity contribution is 7.99. The van der Waals surface area contributed by atoms with Gasteiger partial charge in [-0.15, -0.1) is 0 Å². The molecule has 0 bridgehead atoms. The molecule has 8 heteroatoms. The third kappa shape index (κ3) is 3.57. The number of aromatic nitrogens is 3. The lowest BCUT2D eigenvalue weighted by atomic mass is 10.2. The van der Waals surface area contributed by atoms with E-state index in [-0.39, 0.29) is 10.8 Å². The summed E-state index contributed by atoms with van der Waals surface area (Å²) >= 11 is 0.974. The summed E-state index contributed by atoms with van der Waals surface area (Å²) in [6, 6.07) is 3.56. The fraction of sp³-hybridized carbons (Fsp3) is 0.182. The first-order chi connectivity index (χ1) is 8.99. The Kier molecular flexibility index (Phi) is 3.89. The van der Waals surface area contributed by atoms with Gasteiger partial charge < -0.3 is 5.32 Å². The predicted octanol–water partition coefficient (Wildman–Crippen LogP) is 3.08. The van der Waals surface area contributed by atoms with Gasteiger partial charge in [0, 0.05) is 19.4 Å². The second-order valence-corrected chi connectivity index (χ2v) is 4.45. The highest BCUT2D eigenvalue weighted by Gasteiger charge is 2.31. The first-order valence-electron chi connectivity index (χ1n) is 5.21. The van der Waals surface area contributed by atoms with Gasteiger partial charge in [0.15, 0.2) is 5.16 Å². The Morgan fingerprint density at radius 1 is 1.16 bits per heavy atom. The molecule has 19 heavy (non-hydrogen) atoms. The summed E-state index contributed by atoms with van der Waals surface area (Å²) in [7, 11) is 1.51. The number of nitrogens with zero attached hydrogens (tertiary/aromatic N) is 3. The molecule has 0 fully saturated rings. The smallest absolute Gasteiger partial charge is 0.373 e. The van der Waals surface area contributed by atoms with E-state index < -0.39 is 11.7 Å². The summed E-state index contributed by atoms with van der Waals surface area (Å²) < 4.78 is 38.2. The summed E-state index contributed by atoms with van der Waals surface area (Å²) in [5, 5.41) is 3.13. The maximum Gasteiger partial charge on any atom is 0.416 e. The Bertz CT molecular complexity index is 560. The standard InChI is InChI=1S/C11H9F3N4S/c1-15-8-5-7(11(12,13)14)6-9(18-8)19-10-16-3-2-4-17-10/h2-6H,1H3,(H,15,18). The minimum absolute atomic E-state index is 0.147. The lowest BCUT2D eigenvalue weighted by molar-refractivity contribution is -0.137. The van der Waals surface area contributed by atoms with E-state index in [2.05, 4.69) is 20.3 Å². The summed E-state index contributed by atoms with van der Waals surface area (Å²) in [5.41, 5.74) is -0.759. The van der Waals surface area contributed by atoms with E-state index in [1.807, 2.05) is 0 Å². The van der Waals surface area contributed by atoms with Gasteiger partial charge in [-0.1, -0.05) is 0 Å². The molecule has 0 aliphatic carbocycles. The fourth-order valence-electron chi connectivity index (χ4n) is 1.28. The van der Waals surface area contributed by atoms with Crippen molar-refractivity contribution in [2.24, 2.45) is 0 Å². The van der Waals surface area contributed by atoms with Crippen LogP contribution in [0.2, 0.25) is 0 Å². The van der Waals surface area contributed by atoms with E-state index in [4.69, 9.17) is 0 Å². The number of rotatable bonds is 3. The minimum atomic E-state index is -4.42. The Morgan fingerprint density at radius 2 is 1.84 bits per heavy atom. The van der Waals surface area contributed by atoms with Crippen LogP contribution < -0.4 is 5.32 Å². The molecule has 1 N–H and O–H groups in total. The fourth-order valence-corrected chi connectivity index (χ4v) is 2.02. The zero-order valence-electron chi connectivity index (χ0n) is 9.77. The van der Waals surface area contributed by atoms with Crippen LogP contribution in [0.3, 0.4) is 0 Å². The van der Waals surface area contributed by atoms with E-state index in [1.165, 1.54) is 19.4 Å². The van der Waals surface area contributed by atoms with Crippen molar-refractivity contribution >= 4 is 17.6 Å². The van der Waals surface area contributed by atoms with E-state index >= 15 is 0 Å². The molecule has 2 heterocycles. The van der Waals surface area contributed by atoms with Crippen molar-refractivity contribution in [2.75, 3.05) is 12.4 Å². The first-order valence-corrected chi connectivity index (χ1v) is 6.02. The van der Waals surface area contributed by atoms with Crippen molar-refractivity contribution < 1.29 is 13.2 Å². The maximum atomic E-state index is 12.7. The molecule has 0 unspecified atom stereocenters. The van der Waals surface area contributed by atoms with E-state index in [1.54, 1.807) is 6.07 Å². The molecule has 2 rings (SSSR count). The molecular weight excluding hydrogens is 277 g/mol. The van der Waals surface area contributed by atoms with Crippen molar-refractivity contribution in [3.8, 4) is 0 Å². The minimum Gasteiger partial charge on any atom is -0.373 e. The lowest BCUT2D eigenvalue weighted by Crippen LogP contribution is -2.07. The second-order valence-electron chi connectivity index (χ2n) is 3.46. The largest absolute Gasteiger partial charge is 0.416 e. The van der Waals surface area contributed by atoms with Crippen LogP contribution in [-0.4, -0.2) is 22.0 Å². The third-order valence-electron chi connectivity index (χ3n) is 2.12. The van der Waals surface area contributed by atoms with Crippen molar-refractivity contribution in [1.29, 1.82) is 0 Å². The zero-order chi connectivity index (χ0) is 13.9. The predicted molar refractivity (Wildman–Crippen MR) is 64.9 cm³/mol. The molecule has 0 radical (unpaired) electrons. The molecule has 0 aromatic carbocycles. The Balaban J connectivity index is 2.35. The van der Waals surface area contributed by atoms with Crippen LogP contribution in [-0.2, 0) is 6.18 Å². The van der Waals surface area contributed by atoms with Gasteiger partial charge in [0.05, 0.1) is 5.56 Å². The molecule has 100 valence electrons. The van der Waals surface area contributed by atoms with Crippen LogP contribution in [0, 0.1) is 0 Å². The van der Waals surface area contributed by atoms with Gasteiger partial charge in [0.2, 0.25) is 0 Å². The Morgan fingerprint density at radius 3 is 2.42 bits per heavy atom. The van der Waals surface area contributed by atoms with Crippen molar-refractivity contribution in [3.05, 3.63) is 36.2 Å². The van der Waals surface area contributed by atoms with Crippen LogP contribution in [0.15, 0.2) is 40.8 Å². The average Bonchev–Trinajstić information content (AvgIpc) is 2.38. The van der Waals surface area contributed by atoms with Crippen LogP contribution in [0.1, 0.15) is 5.56 Å². The first kappa shape index (κ1) is 13.6. The van der Waals surface area contributed by atoms with Crippen molar-refractivity contribution in [3.63, 3.8) is 0 Å². The second kappa shape index (κ2) is 5.43. The average molecular weight is 286 g/mol. The molecule has 0 amide bonds. The number of nitrogens with one attached hydrogen (secondary N) is 1. The topological polar surface area (TPSA) is 50.7 Å². The van der Waals surface area contributed by atoms with Gasteiger partial charge in [-0.05, 0) is 30.0 Å². The van der Waals surface area contributed by atoms with Crippen LogP contribution >= 0.6 is 11.8 Å². The van der Waals surface area contributed by atoms with Gasteiger partial charge >= 0.3 is 6.18 Å². The maximum absolute atomic E-state index is 12.7. The van der Waals surface area contributed by atoms with Gasteiger partial charge in [0.1, 0.15) is 10.8 Å². The molecule has 4 nitrogen and oxygen atoms in total. The van der Waals surface area contributed by atoms with Crippen LogP contribution in [0.25, 0.3) is 0 Å². The normalized spacial score (nSPS) is 11.4. The van der Waals surface area contributed by atoms with Gasteiger partial charge in [-0.3, -0.25) is 0 Å². The highest BCUT2D eigenvalue weighted by atomic mass is 32.2. The number of hydrogen-bond acceptors (Lipinski definition) is 5. The number of halogens is 3. The van der Waals surface area contributed by atoms with Crippen molar-refractivity contribution in [2.45, 2.75) is 16.4 Å². The SMILES string of the molecule is CNc1cc(C(F)(F)F)cc(Sc2ncccn2)n1. The molecular formula is C11H9F3N4S. The molecule has 0 spiro atoms. The van der Waals surface area contributed by atoms with Crippen molar-refractivity contribution in [1.82, 2.24) is 15.0 Å². The summed E-state index contributed by atoms with van der Waals surface area (Å²) in [6.45, 7) is 0. The van der Waals surface area contributed by atoms with Gasteiger partial charge in [-0.25, -0.2) is 15.0 Å². The zero-order valence-corrected chi connectivity index (χ0v) is 10.6. The van der Waals surface area contributed by atoms with E-state index in [9.17, 15) is 13.2 Å². The third-order valence-corrected chi connectivity index (χ3v) is 2.93. The van der Waals surface area contributed by atoms with Gasteiger partial charge in [-0.2, -0.15) is 13.2 Å². The Labute approximate surface area is 111 Å². The summed E-state index contributed by atoms with van der Waals surface area (Å²) in [6.07, 6.45) is -1.38. The Hall–Kier alpha value is -1.83. The van der Waals surface area contributed by atoms with Gasteiger partial charge in [0.25, 0.3) is 0 Å². The molecule has 2 aromatic rings. The van der Waals surface area contributed by atoms with E-state index in [0.717, 1.165) is 23.9 Å². The molecule has 0 aliphatic rings. The number of alkyl halides is 3. The van der Waals surface area contributed by atoms with Crippen LogP contribution in [0.5, 0.6) is 0 Å².